The van der Waals surface area contributed by atoms with Crippen LogP contribution in [0.4, 0.5) is 0 Å². The molecule has 2 unspecified atom stereocenters. The molecular formula is C8H12O. The summed E-state index contributed by atoms with van der Waals surface area (Å²) in [6, 6.07) is 0. The van der Waals surface area contributed by atoms with Gasteiger partial charge >= 0.3 is 0 Å². The number of hydrogen-bond acceptors (Lipinski definition) is 1. The largest absolute Gasteiger partial charge is 0.392 e. The van der Waals surface area contributed by atoms with Crippen LogP contribution in [0.1, 0.15) is 26.2 Å². The lowest BCUT2D eigenvalue weighted by Gasteiger charge is -2.14. The molecule has 0 aliphatic heterocycles. The average molecular weight is 124 g/mol. The Kier molecular flexibility index (Phi) is 2.13. The summed E-state index contributed by atoms with van der Waals surface area (Å²) < 4.78 is 0. The maximum absolute atomic E-state index is 9.07. The van der Waals surface area contributed by atoms with Crippen LogP contribution in [0.15, 0.2) is 0 Å². The zero-order chi connectivity index (χ0) is 6.69. The first kappa shape index (κ1) is 6.64. The number of rotatable bonds is 1. The molecule has 1 heteroatoms. The second-order valence-corrected chi connectivity index (χ2v) is 2.56. The van der Waals surface area contributed by atoms with Crippen molar-refractivity contribution in [2.45, 2.75) is 32.3 Å². The van der Waals surface area contributed by atoms with E-state index in [4.69, 9.17) is 5.11 Å². The maximum Gasteiger partial charge on any atom is 0.0649 e. The van der Waals surface area contributed by atoms with Gasteiger partial charge in [-0.25, -0.2) is 0 Å². The summed E-state index contributed by atoms with van der Waals surface area (Å²) in [6.07, 6.45) is 3.01. The molecule has 0 bridgehead atoms. The molecule has 0 saturated heterocycles. The van der Waals surface area contributed by atoms with Crippen molar-refractivity contribution in [3.05, 3.63) is 0 Å². The molecule has 0 heterocycles. The molecule has 0 aromatic carbocycles. The van der Waals surface area contributed by atoms with Gasteiger partial charge in [-0.1, -0.05) is 5.92 Å². The summed E-state index contributed by atoms with van der Waals surface area (Å²) in [5, 5.41) is 9.07. The van der Waals surface area contributed by atoms with E-state index in [1.165, 1.54) is 0 Å². The minimum atomic E-state index is -0.238. The minimum absolute atomic E-state index is 0.238. The molecule has 0 saturated carbocycles. The van der Waals surface area contributed by atoms with Gasteiger partial charge in [0.2, 0.25) is 0 Å². The summed E-state index contributed by atoms with van der Waals surface area (Å²) in [4.78, 5) is 0. The normalized spacial score (nSPS) is 28.4. The minimum Gasteiger partial charge on any atom is -0.392 e. The first-order chi connectivity index (χ1) is 4.30. The van der Waals surface area contributed by atoms with Crippen LogP contribution >= 0.6 is 0 Å². The number of hydrogen-bond donors (Lipinski definition) is 1. The lowest BCUT2D eigenvalue weighted by atomic mass is 9.94. The van der Waals surface area contributed by atoms with E-state index < -0.39 is 0 Å². The highest BCUT2D eigenvalue weighted by Gasteiger charge is 2.12. The Morgan fingerprint density at radius 2 is 2.44 bits per heavy atom. The molecule has 50 valence electrons. The van der Waals surface area contributed by atoms with Crippen molar-refractivity contribution < 1.29 is 5.11 Å². The average Bonchev–Trinajstić information content (AvgIpc) is 1.90. The van der Waals surface area contributed by atoms with Gasteiger partial charge in [-0.3, -0.25) is 0 Å². The molecule has 0 aromatic heterocycles. The molecule has 9 heavy (non-hydrogen) atoms. The van der Waals surface area contributed by atoms with Crippen LogP contribution in [-0.2, 0) is 0 Å². The molecule has 1 N–H and O–H groups in total. The molecule has 0 aromatic rings. The smallest absolute Gasteiger partial charge is 0.0649 e. The molecule has 0 spiro atoms. The molecule has 1 aliphatic carbocycles. The van der Waals surface area contributed by atoms with Crippen molar-refractivity contribution in [3.63, 3.8) is 0 Å². The molecule has 1 rings (SSSR count). The van der Waals surface area contributed by atoms with Crippen molar-refractivity contribution in [3.8, 4) is 11.8 Å². The SMILES string of the molecule is CC(O)C1C#CCCC1. The van der Waals surface area contributed by atoms with Gasteiger partial charge in [0.05, 0.1) is 6.10 Å². The first-order valence-electron chi connectivity index (χ1n) is 3.47. The van der Waals surface area contributed by atoms with Gasteiger partial charge in [0.15, 0.2) is 0 Å². The lowest BCUT2D eigenvalue weighted by Crippen LogP contribution is -2.16. The third-order valence-electron chi connectivity index (χ3n) is 1.69. The number of aliphatic hydroxyl groups excluding tert-OH is 1. The second kappa shape index (κ2) is 2.89. The van der Waals surface area contributed by atoms with Gasteiger partial charge in [0, 0.05) is 12.3 Å². The van der Waals surface area contributed by atoms with E-state index in [-0.39, 0.29) is 12.0 Å². The van der Waals surface area contributed by atoms with Crippen molar-refractivity contribution in [2.75, 3.05) is 0 Å². The monoisotopic (exact) mass is 124 g/mol. The molecule has 1 aliphatic rings. The Morgan fingerprint density at radius 3 is 2.78 bits per heavy atom. The van der Waals surface area contributed by atoms with Crippen LogP contribution in [0.25, 0.3) is 0 Å². The topological polar surface area (TPSA) is 20.2 Å². The predicted molar refractivity (Wildman–Crippen MR) is 36.8 cm³/mol. The lowest BCUT2D eigenvalue weighted by molar-refractivity contribution is 0.146. The Balaban J connectivity index is 2.46. The van der Waals surface area contributed by atoms with Crippen LogP contribution in [0.5, 0.6) is 0 Å². The Labute approximate surface area is 56.1 Å². The van der Waals surface area contributed by atoms with Gasteiger partial charge in [0.25, 0.3) is 0 Å². The molecule has 2 atom stereocenters. The van der Waals surface area contributed by atoms with Crippen LogP contribution in [0.3, 0.4) is 0 Å². The third kappa shape index (κ3) is 1.73. The van der Waals surface area contributed by atoms with E-state index in [1.54, 1.807) is 0 Å². The van der Waals surface area contributed by atoms with Crippen LogP contribution < -0.4 is 0 Å². The molecule has 0 radical (unpaired) electrons. The van der Waals surface area contributed by atoms with Crippen LogP contribution in [0.2, 0.25) is 0 Å². The van der Waals surface area contributed by atoms with Gasteiger partial charge in [0.1, 0.15) is 0 Å². The van der Waals surface area contributed by atoms with Crippen molar-refractivity contribution >= 4 is 0 Å². The van der Waals surface area contributed by atoms with Crippen LogP contribution in [0, 0.1) is 17.8 Å². The maximum atomic E-state index is 9.07. The van der Waals surface area contributed by atoms with Gasteiger partial charge in [-0.15, -0.1) is 5.92 Å². The molecule has 0 amide bonds. The Morgan fingerprint density at radius 1 is 1.67 bits per heavy atom. The summed E-state index contributed by atoms with van der Waals surface area (Å²) in [6.45, 7) is 1.81. The first-order valence-corrected chi connectivity index (χ1v) is 3.47. The Hall–Kier alpha value is -0.480. The van der Waals surface area contributed by atoms with Crippen molar-refractivity contribution in [2.24, 2.45) is 5.92 Å². The summed E-state index contributed by atoms with van der Waals surface area (Å²) in [7, 11) is 0. The van der Waals surface area contributed by atoms with Crippen molar-refractivity contribution in [1.82, 2.24) is 0 Å². The van der Waals surface area contributed by atoms with E-state index in [1.807, 2.05) is 6.92 Å². The van der Waals surface area contributed by atoms with Gasteiger partial charge in [-0.2, -0.15) is 0 Å². The van der Waals surface area contributed by atoms with Gasteiger partial charge in [-0.05, 0) is 19.8 Å². The van der Waals surface area contributed by atoms with Gasteiger partial charge < -0.3 is 5.11 Å². The summed E-state index contributed by atoms with van der Waals surface area (Å²) in [5.74, 6) is 6.27. The number of aliphatic hydroxyl groups is 1. The van der Waals surface area contributed by atoms with E-state index >= 15 is 0 Å². The highest BCUT2D eigenvalue weighted by Crippen LogP contribution is 2.15. The Bertz CT molecular complexity index is 138. The fourth-order valence-electron chi connectivity index (χ4n) is 1.05. The fraction of sp³-hybridized carbons (Fsp3) is 0.750. The summed E-state index contributed by atoms with van der Waals surface area (Å²) in [5.41, 5.74) is 0. The molecule has 1 nitrogen and oxygen atoms in total. The standard InChI is InChI=1S/C8H12O/c1-7(9)8-5-3-2-4-6-8/h7-9H,2-3,5H2,1H3. The third-order valence-corrected chi connectivity index (χ3v) is 1.69. The van der Waals surface area contributed by atoms with E-state index in [9.17, 15) is 0 Å². The van der Waals surface area contributed by atoms with E-state index in [2.05, 4.69) is 11.8 Å². The zero-order valence-electron chi connectivity index (χ0n) is 5.72. The van der Waals surface area contributed by atoms with Crippen LogP contribution in [-0.4, -0.2) is 11.2 Å². The van der Waals surface area contributed by atoms with E-state index in [0.717, 1.165) is 19.3 Å². The molecule has 0 fully saturated rings. The fourth-order valence-corrected chi connectivity index (χ4v) is 1.05. The predicted octanol–water partition coefficient (Wildman–Crippen LogP) is 1.17. The second-order valence-electron chi connectivity index (χ2n) is 2.56. The highest BCUT2D eigenvalue weighted by atomic mass is 16.3. The van der Waals surface area contributed by atoms with Crippen molar-refractivity contribution in [1.29, 1.82) is 0 Å². The quantitative estimate of drug-likeness (QED) is 0.520. The molecular weight excluding hydrogens is 112 g/mol. The van der Waals surface area contributed by atoms with E-state index in [0.29, 0.717) is 0 Å². The zero-order valence-corrected chi connectivity index (χ0v) is 5.72. The summed E-state index contributed by atoms with van der Waals surface area (Å²) >= 11 is 0. The highest BCUT2D eigenvalue weighted by molar-refractivity contribution is 5.08.